The van der Waals surface area contributed by atoms with Crippen molar-refractivity contribution in [3.63, 3.8) is 0 Å². The standard InChI is InChI=1S/C25H26ClNO3/c1-16-7-10-20(14-21(16)25(28)29)27-17(2)8-11-23(27)22-13-19(26)9-12-24(22)30-15-18-5-3-4-6-18/h7-14,18H,3-6,15H2,1-2H3,(H,28,29). The first-order valence-corrected chi connectivity index (χ1v) is 10.8. The number of ether oxygens (including phenoxy) is 1. The Hall–Kier alpha value is -2.72. The normalized spacial score (nSPS) is 14.2. The molecule has 5 heteroatoms. The summed E-state index contributed by atoms with van der Waals surface area (Å²) in [6.45, 7) is 4.53. The number of benzene rings is 2. The third-order valence-corrected chi connectivity index (χ3v) is 6.19. The van der Waals surface area contributed by atoms with Crippen molar-refractivity contribution in [2.75, 3.05) is 6.61 Å². The molecule has 4 rings (SSSR count). The van der Waals surface area contributed by atoms with E-state index in [0.717, 1.165) is 34.0 Å². The molecule has 2 aromatic carbocycles. The van der Waals surface area contributed by atoms with Gasteiger partial charge in [-0.25, -0.2) is 4.79 Å². The van der Waals surface area contributed by atoms with Gasteiger partial charge < -0.3 is 14.4 Å². The smallest absolute Gasteiger partial charge is 0.336 e. The van der Waals surface area contributed by atoms with E-state index in [4.69, 9.17) is 16.3 Å². The summed E-state index contributed by atoms with van der Waals surface area (Å²) in [5.74, 6) is 0.484. The van der Waals surface area contributed by atoms with Gasteiger partial charge in [-0.05, 0) is 80.6 Å². The van der Waals surface area contributed by atoms with E-state index in [1.807, 2.05) is 56.3 Å². The fraction of sp³-hybridized carbons (Fsp3) is 0.320. The highest BCUT2D eigenvalue weighted by Gasteiger charge is 2.19. The number of aryl methyl sites for hydroxylation is 2. The van der Waals surface area contributed by atoms with Crippen LogP contribution in [0.15, 0.2) is 48.5 Å². The predicted molar refractivity (Wildman–Crippen MR) is 120 cm³/mol. The number of carboxylic acids is 1. The quantitative estimate of drug-likeness (QED) is 0.481. The molecule has 0 unspecified atom stereocenters. The summed E-state index contributed by atoms with van der Waals surface area (Å²) in [5, 5.41) is 10.2. The van der Waals surface area contributed by atoms with Crippen molar-refractivity contribution in [2.45, 2.75) is 39.5 Å². The first kappa shape index (κ1) is 20.5. The van der Waals surface area contributed by atoms with Crippen molar-refractivity contribution in [3.05, 3.63) is 70.4 Å². The molecule has 0 atom stereocenters. The Morgan fingerprint density at radius 3 is 2.60 bits per heavy atom. The Bertz CT molecular complexity index is 1080. The van der Waals surface area contributed by atoms with E-state index >= 15 is 0 Å². The first-order valence-electron chi connectivity index (χ1n) is 10.4. The van der Waals surface area contributed by atoms with Gasteiger partial charge in [0.25, 0.3) is 0 Å². The van der Waals surface area contributed by atoms with Crippen molar-refractivity contribution in [2.24, 2.45) is 5.92 Å². The fourth-order valence-corrected chi connectivity index (χ4v) is 4.46. The molecule has 0 radical (unpaired) electrons. The second-order valence-electron chi connectivity index (χ2n) is 8.10. The van der Waals surface area contributed by atoms with E-state index in [2.05, 4.69) is 4.57 Å². The molecule has 1 N–H and O–H groups in total. The van der Waals surface area contributed by atoms with Gasteiger partial charge in [0.1, 0.15) is 5.75 Å². The van der Waals surface area contributed by atoms with Gasteiger partial charge in [-0.15, -0.1) is 0 Å². The highest BCUT2D eigenvalue weighted by atomic mass is 35.5. The van der Waals surface area contributed by atoms with Crippen LogP contribution in [0.2, 0.25) is 5.02 Å². The van der Waals surface area contributed by atoms with Crippen LogP contribution in [0.4, 0.5) is 0 Å². The minimum atomic E-state index is -0.927. The van der Waals surface area contributed by atoms with Crippen LogP contribution >= 0.6 is 11.6 Å². The van der Waals surface area contributed by atoms with Crippen molar-refractivity contribution < 1.29 is 14.6 Å². The summed E-state index contributed by atoms with van der Waals surface area (Å²) < 4.78 is 8.30. The Labute approximate surface area is 182 Å². The van der Waals surface area contributed by atoms with Gasteiger partial charge in [-0.3, -0.25) is 0 Å². The summed E-state index contributed by atoms with van der Waals surface area (Å²) in [5.41, 5.74) is 4.68. The predicted octanol–water partition coefficient (Wildman–Crippen LogP) is 6.68. The summed E-state index contributed by atoms with van der Waals surface area (Å²) in [4.78, 5) is 11.6. The maximum atomic E-state index is 11.6. The van der Waals surface area contributed by atoms with Crippen molar-refractivity contribution in [3.8, 4) is 22.7 Å². The van der Waals surface area contributed by atoms with Crippen molar-refractivity contribution in [1.29, 1.82) is 0 Å². The van der Waals surface area contributed by atoms with Crippen LogP contribution in [0.3, 0.4) is 0 Å². The number of carboxylic acid groups (broad SMARTS) is 1. The molecule has 1 aliphatic rings. The molecule has 156 valence electrons. The van der Waals surface area contributed by atoms with E-state index in [1.54, 1.807) is 6.07 Å². The lowest BCUT2D eigenvalue weighted by atomic mass is 10.1. The molecule has 1 fully saturated rings. The maximum Gasteiger partial charge on any atom is 0.336 e. The highest BCUT2D eigenvalue weighted by Crippen LogP contribution is 2.37. The molecule has 30 heavy (non-hydrogen) atoms. The third-order valence-electron chi connectivity index (χ3n) is 5.95. The number of carbonyl (C=O) groups is 1. The average Bonchev–Trinajstić information content (AvgIpc) is 3.37. The summed E-state index contributed by atoms with van der Waals surface area (Å²) in [7, 11) is 0. The largest absolute Gasteiger partial charge is 0.493 e. The molecule has 1 aromatic heterocycles. The number of halogens is 1. The van der Waals surface area contributed by atoms with E-state index in [9.17, 15) is 9.90 Å². The van der Waals surface area contributed by atoms with Crippen LogP contribution < -0.4 is 4.74 Å². The second kappa shape index (κ2) is 8.57. The van der Waals surface area contributed by atoms with E-state index in [0.29, 0.717) is 23.1 Å². The lowest BCUT2D eigenvalue weighted by Crippen LogP contribution is -2.09. The molecule has 1 heterocycles. The summed E-state index contributed by atoms with van der Waals surface area (Å²) in [6.07, 6.45) is 5.01. The summed E-state index contributed by atoms with van der Waals surface area (Å²) >= 11 is 6.34. The number of hydrogen-bond acceptors (Lipinski definition) is 2. The number of aromatic nitrogens is 1. The third kappa shape index (κ3) is 4.10. The molecule has 0 spiro atoms. The lowest BCUT2D eigenvalue weighted by Gasteiger charge is -2.18. The fourth-order valence-electron chi connectivity index (χ4n) is 4.28. The maximum absolute atomic E-state index is 11.6. The van der Waals surface area contributed by atoms with Crippen molar-refractivity contribution >= 4 is 17.6 Å². The molecule has 0 bridgehead atoms. The molecule has 0 amide bonds. The minimum absolute atomic E-state index is 0.301. The number of nitrogens with zero attached hydrogens (tertiary/aromatic N) is 1. The Kier molecular flexibility index (Phi) is 5.87. The van der Waals surface area contributed by atoms with Gasteiger partial charge in [-0.1, -0.05) is 30.5 Å². The zero-order valence-corrected chi connectivity index (χ0v) is 18.1. The molecular weight excluding hydrogens is 398 g/mol. The van der Waals surface area contributed by atoms with Crippen LogP contribution in [-0.2, 0) is 0 Å². The number of rotatable bonds is 6. The van der Waals surface area contributed by atoms with Gasteiger partial charge in [0.05, 0.1) is 17.9 Å². The Balaban J connectivity index is 1.76. The Morgan fingerprint density at radius 1 is 1.10 bits per heavy atom. The van der Waals surface area contributed by atoms with Crippen LogP contribution in [0.1, 0.15) is 47.3 Å². The molecule has 0 aliphatic heterocycles. The van der Waals surface area contributed by atoms with Crippen LogP contribution in [0.25, 0.3) is 16.9 Å². The van der Waals surface area contributed by atoms with Gasteiger partial charge in [-0.2, -0.15) is 0 Å². The average molecular weight is 424 g/mol. The number of aromatic carboxylic acids is 1. The SMILES string of the molecule is Cc1ccc(-n2c(C)ccc2-c2cc(Cl)ccc2OCC2CCCC2)cc1C(=O)O. The minimum Gasteiger partial charge on any atom is -0.493 e. The van der Waals surface area contributed by atoms with Gasteiger partial charge in [0.2, 0.25) is 0 Å². The molecule has 4 nitrogen and oxygen atoms in total. The Morgan fingerprint density at radius 2 is 1.87 bits per heavy atom. The zero-order chi connectivity index (χ0) is 21.3. The monoisotopic (exact) mass is 423 g/mol. The highest BCUT2D eigenvalue weighted by molar-refractivity contribution is 6.31. The molecule has 1 aliphatic carbocycles. The van der Waals surface area contributed by atoms with Crippen molar-refractivity contribution in [1.82, 2.24) is 4.57 Å². The zero-order valence-electron chi connectivity index (χ0n) is 17.3. The molecule has 0 saturated heterocycles. The molecule has 1 saturated carbocycles. The van der Waals surface area contributed by atoms with Crippen LogP contribution in [0, 0.1) is 19.8 Å². The van der Waals surface area contributed by atoms with Crippen LogP contribution in [0.5, 0.6) is 5.75 Å². The topological polar surface area (TPSA) is 51.5 Å². The van der Waals surface area contributed by atoms with E-state index in [-0.39, 0.29) is 0 Å². The molecule has 3 aromatic rings. The van der Waals surface area contributed by atoms with Gasteiger partial charge in [0, 0.05) is 22.0 Å². The van der Waals surface area contributed by atoms with E-state index < -0.39 is 5.97 Å². The second-order valence-corrected chi connectivity index (χ2v) is 8.54. The molecular formula is C25H26ClNO3. The number of hydrogen-bond donors (Lipinski definition) is 1. The van der Waals surface area contributed by atoms with E-state index in [1.165, 1.54) is 25.7 Å². The lowest BCUT2D eigenvalue weighted by molar-refractivity contribution is 0.0696. The van der Waals surface area contributed by atoms with Gasteiger partial charge >= 0.3 is 5.97 Å². The van der Waals surface area contributed by atoms with Crippen LogP contribution in [-0.4, -0.2) is 22.2 Å². The summed E-state index contributed by atoms with van der Waals surface area (Å²) in [6, 6.07) is 15.3. The first-order chi connectivity index (χ1) is 14.4. The van der Waals surface area contributed by atoms with Gasteiger partial charge in [0.15, 0.2) is 0 Å².